The molecule has 0 radical (unpaired) electrons. The third-order valence-electron chi connectivity index (χ3n) is 4.09. The molecular formula is C16H27NS. The predicted molar refractivity (Wildman–Crippen MR) is 81.3 cm³/mol. The second kappa shape index (κ2) is 7.30. The minimum atomic E-state index is 0.595. The fraction of sp³-hybridized carbons (Fsp3) is 0.750. The van der Waals surface area contributed by atoms with Crippen molar-refractivity contribution in [3.8, 4) is 0 Å². The monoisotopic (exact) mass is 265 g/mol. The summed E-state index contributed by atoms with van der Waals surface area (Å²) in [6.45, 7) is 5.61. The molecule has 102 valence electrons. The van der Waals surface area contributed by atoms with Crippen LogP contribution in [0.25, 0.3) is 0 Å². The van der Waals surface area contributed by atoms with Gasteiger partial charge in [0, 0.05) is 10.9 Å². The van der Waals surface area contributed by atoms with Crippen LogP contribution in [0, 0.1) is 12.8 Å². The zero-order chi connectivity index (χ0) is 12.8. The van der Waals surface area contributed by atoms with Gasteiger partial charge in [-0.25, -0.2) is 0 Å². The summed E-state index contributed by atoms with van der Waals surface area (Å²) in [5.74, 6) is 0.952. The van der Waals surface area contributed by atoms with Crippen molar-refractivity contribution in [2.24, 2.45) is 5.92 Å². The molecular weight excluding hydrogens is 238 g/mol. The van der Waals surface area contributed by atoms with E-state index in [0.29, 0.717) is 6.04 Å². The molecule has 0 aromatic carbocycles. The van der Waals surface area contributed by atoms with E-state index >= 15 is 0 Å². The Hall–Kier alpha value is -0.340. The number of thiophene rings is 1. The van der Waals surface area contributed by atoms with Crippen molar-refractivity contribution in [3.05, 3.63) is 21.9 Å². The molecule has 1 aliphatic rings. The lowest BCUT2D eigenvalue weighted by Crippen LogP contribution is -2.25. The lowest BCUT2D eigenvalue weighted by Gasteiger charge is -2.27. The smallest absolute Gasteiger partial charge is 0.0331 e. The summed E-state index contributed by atoms with van der Waals surface area (Å²) in [6, 6.07) is 2.97. The summed E-state index contributed by atoms with van der Waals surface area (Å²) in [7, 11) is 0. The SMILES string of the molecule is CCCNC(CC1CCCCC1)c1csc(C)c1. The van der Waals surface area contributed by atoms with Gasteiger partial charge in [-0.05, 0) is 49.2 Å². The molecule has 1 N–H and O–H groups in total. The van der Waals surface area contributed by atoms with Gasteiger partial charge in [0.25, 0.3) is 0 Å². The van der Waals surface area contributed by atoms with Gasteiger partial charge in [0.15, 0.2) is 0 Å². The molecule has 1 nitrogen and oxygen atoms in total. The Morgan fingerprint density at radius 3 is 2.72 bits per heavy atom. The first-order chi connectivity index (χ1) is 8.79. The number of hydrogen-bond acceptors (Lipinski definition) is 2. The van der Waals surface area contributed by atoms with Gasteiger partial charge in [-0.3, -0.25) is 0 Å². The highest BCUT2D eigenvalue weighted by atomic mass is 32.1. The first kappa shape index (κ1) is 14.1. The molecule has 1 aromatic heterocycles. The van der Waals surface area contributed by atoms with Crippen LogP contribution < -0.4 is 5.32 Å². The Labute approximate surface area is 116 Å². The Morgan fingerprint density at radius 2 is 2.11 bits per heavy atom. The van der Waals surface area contributed by atoms with E-state index in [1.54, 1.807) is 0 Å². The van der Waals surface area contributed by atoms with Crippen molar-refractivity contribution >= 4 is 11.3 Å². The number of hydrogen-bond donors (Lipinski definition) is 1. The highest BCUT2D eigenvalue weighted by Crippen LogP contribution is 2.33. The van der Waals surface area contributed by atoms with E-state index in [0.717, 1.165) is 12.5 Å². The van der Waals surface area contributed by atoms with Crippen LogP contribution in [0.4, 0.5) is 0 Å². The average molecular weight is 265 g/mol. The Morgan fingerprint density at radius 1 is 1.33 bits per heavy atom. The second-order valence-corrected chi connectivity index (χ2v) is 6.85. The quantitative estimate of drug-likeness (QED) is 0.757. The third-order valence-corrected chi connectivity index (χ3v) is 4.97. The molecule has 1 saturated carbocycles. The van der Waals surface area contributed by atoms with E-state index < -0.39 is 0 Å². The van der Waals surface area contributed by atoms with E-state index in [9.17, 15) is 0 Å². The molecule has 0 saturated heterocycles. The third kappa shape index (κ3) is 4.10. The van der Waals surface area contributed by atoms with Gasteiger partial charge < -0.3 is 5.32 Å². The topological polar surface area (TPSA) is 12.0 Å². The van der Waals surface area contributed by atoms with Crippen molar-refractivity contribution in [1.29, 1.82) is 0 Å². The maximum atomic E-state index is 3.75. The van der Waals surface area contributed by atoms with Crippen molar-refractivity contribution in [1.82, 2.24) is 5.32 Å². The van der Waals surface area contributed by atoms with E-state index in [4.69, 9.17) is 0 Å². The largest absolute Gasteiger partial charge is 0.310 e. The van der Waals surface area contributed by atoms with Crippen LogP contribution in [0.1, 0.15) is 68.4 Å². The van der Waals surface area contributed by atoms with Crippen LogP contribution in [-0.2, 0) is 0 Å². The van der Waals surface area contributed by atoms with Crippen molar-refractivity contribution in [2.45, 2.75) is 64.8 Å². The summed E-state index contributed by atoms with van der Waals surface area (Å²) in [5.41, 5.74) is 1.52. The standard InChI is InChI=1S/C16H27NS/c1-3-9-17-16(15-10-13(2)18-12-15)11-14-7-5-4-6-8-14/h10,12,14,16-17H,3-9,11H2,1-2H3. The predicted octanol–water partition coefficient (Wildman–Crippen LogP) is 5.07. The second-order valence-electron chi connectivity index (χ2n) is 5.74. The van der Waals surface area contributed by atoms with Crippen LogP contribution in [0.3, 0.4) is 0 Å². The van der Waals surface area contributed by atoms with Crippen molar-refractivity contribution < 1.29 is 0 Å². The fourth-order valence-corrected chi connectivity index (χ4v) is 3.82. The molecule has 1 fully saturated rings. The molecule has 0 spiro atoms. The average Bonchev–Trinajstić information content (AvgIpc) is 2.82. The van der Waals surface area contributed by atoms with E-state index in [1.165, 1.54) is 55.4 Å². The summed E-state index contributed by atoms with van der Waals surface area (Å²) in [6.07, 6.45) is 9.84. The van der Waals surface area contributed by atoms with Gasteiger partial charge >= 0.3 is 0 Å². The highest BCUT2D eigenvalue weighted by Gasteiger charge is 2.20. The zero-order valence-electron chi connectivity index (χ0n) is 11.9. The van der Waals surface area contributed by atoms with Crippen LogP contribution in [0.15, 0.2) is 11.4 Å². The summed E-state index contributed by atoms with van der Waals surface area (Å²) in [4.78, 5) is 1.44. The molecule has 18 heavy (non-hydrogen) atoms. The zero-order valence-corrected chi connectivity index (χ0v) is 12.7. The van der Waals surface area contributed by atoms with Gasteiger partial charge in [-0.2, -0.15) is 0 Å². The molecule has 0 bridgehead atoms. The first-order valence-electron chi connectivity index (χ1n) is 7.58. The van der Waals surface area contributed by atoms with E-state index in [1.807, 2.05) is 11.3 Å². The summed E-state index contributed by atoms with van der Waals surface area (Å²) in [5, 5.41) is 6.11. The van der Waals surface area contributed by atoms with Gasteiger partial charge in [-0.1, -0.05) is 39.0 Å². The van der Waals surface area contributed by atoms with Crippen LogP contribution in [0.2, 0.25) is 0 Å². The number of aryl methyl sites for hydroxylation is 1. The van der Waals surface area contributed by atoms with Gasteiger partial charge in [0.1, 0.15) is 0 Å². The van der Waals surface area contributed by atoms with Crippen molar-refractivity contribution in [2.75, 3.05) is 6.54 Å². The minimum Gasteiger partial charge on any atom is -0.310 e. The lowest BCUT2D eigenvalue weighted by atomic mass is 9.83. The van der Waals surface area contributed by atoms with Gasteiger partial charge in [-0.15, -0.1) is 11.3 Å². The Balaban J connectivity index is 1.95. The molecule has 0 aliphatic heterocycles. The summed E-state index contributed by atoms with van der Waals surface area (Å²) >= 11 is 1.89. The van der Waals surface area contributed by atoms with Crippen LogP contribution in [-0.4, -0.2) is 6.54 Å². The molecule has 2 rings (SSSR count). The molecule has 0 amide bonds. The van der Waals surface area contributed by atoms with Gasteiger partial charge in [0.2, 0.25) is 0 Å². The molecule has 1 aliphatic carbocycles. The molecule has 1 atom stereocenters. The summed E-state index contributed by atoms with van der Waals surface area (Å²) < 4.78 is 0. The number of nitrogens with one attached hydrogen (secondary N) is 1. The highest BCUT2D eigenvalue weighted by molar-refractivity contribution is 7.10. The van der Waals surface area contributed by atoms with E-state index in [-0.39, 0.29) is 0 Å². The van der Waals surface area contributed by atoms with Crippen LogP contribution in [0.5, 0.6) is 0 Å². The maximum absolute atomic E-state index is 3.75. The number of rotatable bonds is 6. The Kier molecular flexibility index (Phi) is 5.71. The van der Waals surface area contributed by atoms with Crippen molar-refractivity contribution in [3.63, 3.8) is 0 Å². The molecule has 1 aromatic rings. The van der Waals surface area contributed by atoms with Crippen LogP contribution >= 0.6 is 11.3 Å². The molecule has 2 heteroatoms. The lowest BCUT2D eigenvalue weighted by molar-refractivity contribution is 0.300. The van der Waals surface area contributed by atoms with E-state index in [2.05, 4.69) is 30.6 Å². The first-order valence-corrected chi connectivity index (χ1v) is 8.46. The minimum absolute atomic E-state index is 0.595. The molecule has 1 unspecified atom stereocenters. The normalized spacial score (nSPS) is 19.0. The Bertz CT molecular complexity index is 339. The maximum Gasteiger partial charge on any atom is 0.0331 e. The fourth-order valence-electron chi connectivity index (χ4n) is 3.06. The molecule has 1 heterocycles. The van der Waals surface area contributed by atoms with Gasteiger partial charge in [0.05, 0.1) is 0 Å².